The minimum atomic E-state index is -0.131. The monoisotopic (exact) mass is 303 g/mol. The maximum Gasteiger partial charge on any atom is 0.265 e. The van der Waals surface area contributed by atoms with E-state index in [2.05, 4.69) is 10.6 Å². The van der Waals surface area contributed by atoms with Crippen molar-refractivity contribution in [1.29, 1.82) is 0 Å². The van der Waals surface area contributed by atoms with E-state index in [0.29, 0.717) is 17.1 Å². The molecule has 21 heavy (non-hydrogen) atoms. The number of carbonyl (C=O) groups is 2. The second kappa shape index (κ2) is 7.01. The van der Waals surface area contributed by atoms with Gasteiger partial charge in [0.15, 0.2) is 0 Å². The Morgan fingerprint density at radius 3 is 2.67 bits per heavy atom. The fourth-order valence-corrected chi connectivity index (χ4v) is 2.45. The second-order valence-corrected chi connectivity index (χ2v) is 5.50. The summed E-state index contributed by atoms with van der Waals surface area (Å²) in [5, 5.41) is 7.48. The van der Waals surface area contributed by atoms with Gasteiger partial charge in [0.2, 0.25) is 5.91 Å². The third kappa shape index (κ3) is 4.14. The molecule has 5 nitrogen and oxygen atoms in total. The van der Waals surface area contributed by atoms with Gasteiger partial charge in [-0.25, -0.2) is 0 Å². The smallest absolute Gasteiger partial charge is 0.265 e. The van der Waals surface area contributed by atoms with E-state index >= 15 is 0 Å². The third-order valence-corrected chi connectivity index (χ3v) is 3.74. The van der Waals surface area contributed by atoms with Crippen LogP contribution in [0.1, 0.15) is 21.7 Å². The molecule has 0 bridgehead atoms. The molecule has 1 aromatic heterocycles. The Labute approximate surface area is 127 Å². The number of carbonyl (C=O) groups excluding carboxylic acids is 2. The van der Waals surface area contributed by atoms with Crippen molar-refractivity contribution >= 4 is 34.5 Å². The predicted octanol–water partition coefficient (Wildman–Crippen LogP) is 2.60. The summed E-state index contributed by atoms with van der Waals surface area (Å²) in [6.07, 6.45) is 0.288. The Balaban J connectivity index is 2.05. The van der Waals surface area contributed by atoms with Gasteiger partial charge >= 0.3 is 0 Å². The zero-order valence-electron chi connectivity index (χ0n) is 11.7. The minimum absolute atomic E-state index is 0.118. The van der Waals surface area contributed by atoms with Crippen molar-refractivity contribution in [3.8, 4) is 0 Å². The Kier molecular flexibility index (Phi) is 5.08. The van der Waals surface area contributed by atoms with Crippen molar-refractivity contribution in [3.05, 3.63) is 46.2 Å². The molecule has 0 aliphatic heterocycles. The Bertz CT molecular complexity index is 638. The molecule has 4 N–H and O–H groups in total. The van der Waals surface area contributed by atoms with Crippen molar-refractivity contribution in [2.24, 2.45) is 5.73 Å². The van der Waals surface area contributed by atoms with Gasteiger partial charge in [-0.3, -0.25) is 9.59 Å². The van der Waals surface area contributed by atoms with Gasteiger partial charge in [0.1, 0.15) is 0 Å². The molecular weight excluding hydrogens is 286 g/mol. The van der Waals surface area contributed by atoms with Crippen LogP contribution in [0.25, 0.3) is 0 Å². The van der Waals surface area contributed by atoms with Gasteiger partial charge in [-0.2, -0.15) is 0 Å². The standard InChI is InChI=1S/C15H17N3O2S/c1-10-9-11(17-14(19)6-7-16)4-5-12(10)18-15(20)13-3-2-8-21-13/h2-5,8-9H,6-7,16H2,1H3,(H,17,19)(H,18,20). The van der Waals surface area contributed by atoms with Crippen molar-refractivity contribution in [3.63, 3.8) is 0 Å². The summed E-state index contributed by atoms with van der Waals surface area (Å²) in [7, 11) is 0. The summed E-state index contributed by atoms with van der Waals surface area (Å²) in [5.74, 6) is -0.250. The highest BCUT2D eigenvalue weighted by Gasteiger charge is 2.09. The molecular formula is C15H17N3O2S. The Morgan fingerprint density at radius 2 is 2.05 bits per heavy atom. The van der Waals surface area contributed by atoms with E-state index in [9.17, 15) is 9.59 Å². The zero-order valence-corrected chi connectivity index (χ0v) is 12.5. The van der Waals surface area contributed by atoms with Gasteiger partial charge in [-0.15, -0.1) is 11.3 Å². The molecule has 0 radical (unpaired) electrons. The largest absolute Gasteiger partial charge is 0.330 e. The van der Waals surface area contributed by atoms with E-state index in [1.165, 1.54) is 11.3 Å². The molecule has 6 heteroatoms. The van der Waals surface area contributed by atoms with Gasteiger partial charge in [-0.05, 0) is 42.1 Å². The molecule has 0 spiro atoms. The fraction of sp³-hybridized carbons (Fsp3) is 0.200. The topological polar surface area (TPSA) is 84.2 Å². The molecule has 110 valence electrons. The summed E-state index contributed by atoms with van der Waals surface area (Å²) >= 11 is 1.39. The fourth-order valence-electron chi connectivity index (χ4n) is 1.83. The van der Waals surface area contributed by atoms with Crippen LogP contribution in [-0.2, 0) is 4.79 Å². The van der Waals surface area contributed by atoms with Gasteiger partial charge in [0, 0.05) is 24.3 Å². The number of thiophene rings is 1. The first-order valence-electron chi connectivity index (χ1n) is 6.55. The van der Waals surface area contributed by atoms with Crippen LogP contribution in [0.2, 0.25) is 0 Å². The lowest BCUT2D eigenvalue weighted by Crippen LogP contribution is -2.16. The van der Waals surface area contributed by atoms with E-state index in [1.54, 1.807) is 18.2 Å². The van der Waals surface area contributed by atoms with Gasteiger partial charge in [-0.1, -0.05) is 6.07 Å². The second-order valence-electron chi connectivity index (χ2n) is 4.55. The number of nitrogens with one attached hydrogen (secondary N) is 2. The van der Waals surface area contributed by atoms with Crippen molar-refractivity contribution in [1.82, 2.24) is 0 Å². The first kappa shape index (κ1) is 15.2. The molecule has 0 saturated carbocycles. The summed E-state index contributed by atoms with van der Waals surface area (Å²) < 4.78 is 0. The lowest BCUT2D eigenvalue weighted by molar-refractivity contribution is -0.116. The quantitative estimate of drug-likeness (QED) is 0.793. The van der Waals surface area contributed by atoms with Crippen LogP contribution in [0.5, 0.6) is 0 Å². The maximum atomic E-state index is 12.0. The molecule has 0 aliphatic rings. The Hall–Kier alpha value is -2.18. The first-order valence-corrected chi connectivity index (χ1v) is 7.43. The number of rotatable bonds is 5. The zero-order chi connectivity index (χ0) is 15.2. The van der Waals surface area contributed by atoms with E-state index in [1.807, 2.05) is 24.4 Å². The lowest BCUT2D eigenvalue weighted by Gasteiger charge is -2.10. The Morgan fingerprint density at radius 1 is 1.24 bits per heavy atom. The molecule has 0 atom stereocenters. The van der Waals surface area contributed by atoms with Gasteiger partial charge in [0.25, 0.3) is 5.91 Å². The first-order chi connectivity index (χ1) is 10.1. The van der Waals surface area contributed by atoms with Crippen molar-refractivity contribution in [2.75, 3.05) is 17.2 Å². The number of nitrogens with two attached hydrogens (primary N) is 1. The molecule has 0 fully saturated rings. The van der Waals surface area contributed by atoms with Crippen molar-refractivity contribution < 1.29 is 9.59 Å². The van der Waals surface area contributed by atoms with Crippen LogP contribution in [0.15, 0.2) is 35.7 Å². The van der Waals surface area contributed by atoms with E-state index in [0.717, 1.165) is 11.3 Å². The van der Waals surface area contributed by atoms with Crippen LogP contribution in [-0.4, -0.2) is 18.4 Å². The van der Waals surface area contributed by atoms with Crippen LogP contribution < -0.4 is 16.4 Å². The molecule has 1 aromatic carbocycles. The summed E-state index contributed by atoms with van der Waals surface area (Å²) in [4.78, 5) is 24.1. The van der Waals surface area contributed by atoms with E-state index < -0.39 is 0 Å². The molecule has 0 unspecified atom stereocenters. The molecule has 1 heterocycles. The normalized spacial score (nSPS) is 10.2. The van der Waals surface area contributed by atoms with E-state index in [4.69, 9.17) is 5.73 Å². The lowest BCUT2D eigenvalue weighted by atomic mass is 10.1. The average Bonchev–Trinajstić information content (AvgIpc) is 2.96. The maximum absolute atomic E-state index is 12.0. The molecule has 2 aromatic rings. The molecule has 0 aliphatic carbocycles. The number of hydrogen-bond acceptors (Lipinski definition) is 4. The minimum Gasteiger partial charge on any atom is -0.330 e. The highest BCUT2D eigenvalue weighted by molar-refractivity contribution is 7.12. The van der Waals surface area contributed by atoms with Crippen LogP contribution in [0.3, 0.4) is 0 Å². The number of hydrogen-bond donors (Lipinski definition) is 3. The van der Waals surface area contributed by atoms with Gasteiger partial charge in [0.05, 0.1) is 4.88 Å². The molecule has 2 amide bonds. The highest BCUT2D eigenvalue weighted by atomic mass is 32.1. The number of benzene rings is 1. The highest BCUT2D eigenvalue weighted by Crippen LogP contribution is 2.21. The summed E-state index contributed by atoms with van der Waals surface area (Å²) in [5.41, 5.74) is 7.63. The SMILES string of the molecule is Cc1cc(NC(=O)CCN)ccc1NC(=O)c1cccs1. The summed E-state index contributed by atoms with van der Waals surface area (Å²) in [6.45, 7) is 2.20. The molecule has 0 saturated heterocycles. The number of aryl methyl sites for hydroxylation is 1. The van der Waals surface area contributed by atoms with Crippen LogP contribution in [0.4, 0.5) is 11.4 Å². The number of anilines is 2. The van der Waals surface area contributed by atoms with Gasteiger partial charge < -0.3 is 16.4 Å². The number of amides is 2. The van der Waals surface area contributed by atoms with Crippen molar-refractivity contribution in [2.45, 2.75) is 13.3 Å². The van der Waals surface area contributed by atoms with Crippen LogP contribution in [0, 0.1) is 6.92 Å². The van der Waals surface area contributed by atoms with Crippen LogP contribution >= 0.6 is 11.3 Å². The summed E-state index contributed by atoms with van der Waals surface area (Å²) in [6, 6.07) is 8.96. The van der Waals surface area contributed by atoms with E-state index in [-0.39, 0.29) is 18.2 Å². The molecule has 2 rings (SSSR count). The third-order valence-electron chi connectivity index (χ3n) is 2.87. The average molecular weight is 303 g/mol. The predicted molar refractivity (Wildman–Crippen MR) is 85.8 cm³/mol.